The van der Waals surface area contributed by atoms with E-state index in [1.54, 1.807) is 11.0 Å². The van der Waals surface area contributed by atoms with Gasteiger partial charge in [-0.25, -0.2) is 0 Å². The summed E-state index contributed by atoms with van der Waals surface area (Å²) in [5.41, 5.74) is 5.97. The first-order valence-corrected chi connectivity index (χ1v) is 8.63. The lowest BCUT2D eigenvalue weighted by atomic mass is 9.96. The van der Waals surface area contributed by atoms with Gasteiger partial charge in [0, 0.05) is 31.5 Å². The van der Waals surface area contributed by atoms with Gasteiger partial charge in [-0.3, -0.25) is 14.4 Å². The summed E-state index contributed by atoms with van der Waals surface area (Å²) in [5.74, 6) is -0.749. The van der Waals surface area contributed by atoms with Crippen molar-refractivity contribution in [2.75, 3.05) is 13.1 Å². The van der Waals surface area contributed by atoms with Crippen LogP contribution in [-0.4, -0.2) is 35.6 Å². The minimum absolute atomic E-state index is 0.0393. The van der Waals surface area contributed by atoms with Crippen molar-refractivity contribution in [2.45, 2.75) is 25.7 Å². The molecule has 0 spiro atoms. The van der Waals surface area contributed by atoms with E-state index in [1.165, 1.54) is 0 Å². The summed E-state index contributed by atoms with van der Waals surface area (Å²) in [5, 5.41) is 2.10. The summed E-state index contributed by atoms with van der Waals surface area (Å²) >= 11 is 0. The second-order valence-corrected chi connectivity index (χ2v) is 6.57. The Morgan fingerprint density at radius 1 is 1.04 bits per heavy atom. The Morgan fingerprint density at radius 2 is 1.80 bits per heavy atom. The molecule has 0 bridgehead atoms. The highest BCUT2D eigenvalue weighted by Crippen LogP contribution is 2.19. The molecule has 5 heteroatoms. The molecule has 2 aromatic rings. The predicted molar refractivity (Wildman–Crippen MR) is 96.0 cm³/mol. The molecule has 25 heavy (non-hydrogen) atoms. The highest BCUT2D eigenvalue weighted by atomic mass is 16.2. The minimum Gasteiger partial charge on any atom is -0.369 e. The van der Waals surface area contributed by atoms with Gasteiger partial charge in [0.25, 0.3) is 0 Å². The van der Waals surface area contributed by atoms with Crippen LogP contribution in [0.1, 0.15) is 36.0 Å². The zero-order valence-corrected chi connectivity index (χ0v) is 14.1. The van der Waals surface area contributed by atoms with Crippen LogP contribution in [0.3, 0.4) is 0 Å². The number of carbonyl (C=O) groups excluding carboxylic acids is 3. The number of nitrogens with zero attached hydrogens (tertiary/aromatic N) is 1. The Bertz CT molecular complexity index is 815. The summed E-state index contributed by atoms with van der Waals surface area (Å²) in [6.45, 7) is 1.01. The normalized spacial score (nSPS) is 17.4. The molecular weight excluding hydrogens is 316 g/mol. The number of hydrogen-bond acceptors (Lipinski definition) is 3. The van der Waals surface area contributed by atoms with Crippen LogP contribution in [0.5, 0.6) is 0 Å². The summed E-state index contributed by atoms with van der Waals surface area (Å²) in [4.78, 5) is 37.7. The van der Waals surface area contributed by atoms with Gasteiger partial charge in [0.2, 0.25) is 11.8 Å². The quantitative estimate of drug-likeness (QED) is 0.851. The first-order valence-electron chi connectivity index (χ1n) is 8.63. The smallest absolute Gasteiger partial charge is 0.223 e. The molecule has 2 aromatic carbocycles. The van der Waals surface area contributed by atoms with Gasteiger partial charge in [-0.1, -0.05) is 36.4 Å². The Labute approximate surface area is 146 Å². The van der Waals surface area contributed by atoms with E-state index in [-0.39, 0.29) is 36.4 Å². The van der Waals surface area contributed by atoms with Gasteiger partial charge in [0.1, 0.15) is 0 Å². The van der Waals surface area contributed by atoms with Crippen LogP contribution in [0, 0.1) is 5.92 Å². The molecule has 2 amide bonds. The van der Waals surface area contributed by atoms with Crippen LogP contribution >= 0.6 is 0 Å². The van der Waals surface area contributed by atoms with Crippen molar-refractivity contribution in [1.82, 2.24) is 4.90 Å². The number of benzene rings is 2. The van der Waals surface area contributed by atoms with Crippen molar-refractivity contribution in [3.05, 3.63) is 48.0 Å². The van der Waals surface area contributed by atoms with E-state index in [0.717, 1.165) is 23.6 Å². The highest BCUT2D eigenvalue weighted by molar-refractivity contribution is 6.01. The maximum Gasteiger partial charge on any atom is 0.223 e. The number of fused-ring (bicyclic) bond motifs is 1. The monoisotopic (exact) mass is 338 g/mol. The molecule has 130 valence electrons. The zero-order valence-electron chi connectivity index (χ0n) is 14.1. The molecular formula is C20H22N2O3. The highest BCUT2D eigenvalue weighted by Gasteiger charge is 2.27. The number of likely N-dealkylation sites (tertiary alicyclic amines) is 1. The molecule has 0 aromatic heterocycles. The molecule has 1 atom stereocenters. The molecule has 0 aliphatic carbocycles. The Kier molecular flexibility index (Phi) is 5.12. The third kappa shape index (κ3) is 4.05. The maximum atomic E-state index is 12.4. The van der Waals surface area contributed by atoms with E-state index >= 15 is 0 Å². The Morgan fingerprint density at radius 3 is 2.56 bits per heavy atom. The third-order valence-electron chi connectivity index (χ3n) is 4.81. The van der Waals surface area contributed by atoms with Crippen molar-refractivity contribution < 1.29 is 14.4 Å². The van der Waals surface area contributed by atoms with E-state index in [1.807, 2.05) is 36.4 Å². The van der Waals surface area contributed by atoms with E-state index in [4.69, 9.17) is 5.73 Å². The van der Waals surface area contributed by atoms with Crippen molar-refractivity contribution >= 4 is 28.4 Å². The number of primary amides is 1. The summed E-state index contributed by atoms with van der Waals surface area (Å²) in [6.07, 6.45) is 1.85. The minimum atomic E-state index is -0.357. The SMILES string of the molecule is NC(=O)[C@H]1CCCN(C(=O)CCC(=O)c2ccc3ccccc3c2)C1. The summed E-state index contributed by atoms with van der Waals surface area (Å²) in [6, 6.07) is 13.5. The fourth-order valence-electron chi connectivity index (χ4n) is 3.32. The molecule has 1 saturated heterocycles. The van der Waals surface area contributed by atoms with Gasteiger partial charge < -0.3 is 10.6 Å². The largest absolute Gasteiger partial charge is 0.369 e. The average Bonchev–Trinajstić information content (AvgIpc) is 2.65. The number of amides is 2. The molecule has 1 aliphatic heterocycles. The number of Topliss-reactive ketones (excluding diaryl/α,β-unsaturated/α-hetero) is 1. The summed E-state index contributed by atoms with van der Waals surface area (Å²) in [7, 11) is 0. The molecule has 1 aliphatic rings. The van der Waals surface area contributed by atoms with Crippen molar-refractivity contribution in [1.29, 1.82) is 0 Å². The van der Waals surface area contributed by atoms with E-state index in [0.29, 0.717) is 18.7 Å². The van der Waals surface area contributed by atoms with E-state index in [9.17, 15) is 14.4 Å². The Balaban J connectivity index is 1.59. The molecule has 5 nitrogen and oxygen atoms in total. The maximum absolute atomic E-state index is 12.4. The van der Waals surface area contributed by atoms with Crippen LogP contribution < -0.4 is 5.73 Å². The number of hydrogen-bond donors (Lipinski definition) is 1. The number of ketones is 1. The standard InChI is InChI=1S/C20H22N2O3/c21-20(25)17-6-3-11-22(13-17)19(24)10-9-18(23)16-8-7-14-4-1-2-5-15(14)12-16/h1-2,4-5,7-8,12,17H,3,6,9-11,13H2,(H2,21,25)/t17-/m0/s1. The van der Waals surface area contributed by atoms with Gasteiger partial charge in [0.05, 0.1) is 5.92 Å². The van der Waals surface area contributed by atoms with Crippen LogP contribution in [0.2, 0.25) is 0 Å². The Hall–Kier alpha value is -2.69. The fraction of sp³-hybridized carbons (Fsp3) is 0.350. The number of rotatable bonds is 5. The number of nitrogens with two attached hydrogens (primary N) is 1. The number of piperidine rings is 1. The lowest BCUT2D eigenvalue weighted by Crippen LogP contribution is -2.44. The number of carbonyl (C=O) groups is 3. The van der Waals surface area contributed by atoms with Crippen molar-refractivity contribution in [2.24, 2.45) is 11.7 Å². The van der Waals surface area contributed by atoms with Gasteiger partial charge >= 0.3 is 0 Å². The topological polar surface area (TPSA) is 80.5 Å². The van der Waals surface area contributed by atoms with Crippen LogP contribution in [0.4, 0.5) is 0 Å². The second kappa shape index (κ2) is 7.47. The average molecular weight is 338 g/mol. The molecule has 2 N–H and O–H groups in total. The van der Waals surface area contributed by atoms with Gasteiger partial charge in [0.15, 0.2) is 5.78 Å². The van der Waals surface area contributed by atoms with Crippen LogP contribution in [0.15, 0.2) is 42.5 Å². The first kappa shape index (κ1) is 17.1. The van der Waals surface area contributed by atoms with Crippen LogP contribution in [0.25, 0.3) is 10.8 Å². The van der Waals surface area contributed by atoms with Gasteiger partial charge in [-0.15, -0.1) is 0 Å². The predicted octanol–water partition coefficient (Wildman–Crippen LogP) is 2.53. The van der Waals surface area contributed by atoms with E-state index < -0.39 is 0 Å². The third-order valence-corrected chi connectivity index (χ3v) is 4.81. The van der Waals surface area contributed by atoms with Crippen LogP contribution in [-0.2, 0) is 9.59 Å². The lowest BCUT2D eigenvalue weighted by Gasteiger charge is -2.31. The fourth-order valence-corrected chi connectivity index (χ4v) is 3.32. The van der Waals surface area contributed by atoms with Crippen molar-refractivity contribution in [3.8, 4) is 0 Å². The van der Waals surface area contributed by atoms with Gasteiger partial charge in [-0.2, -0.15) is 0 Å². The molecule has 3 rings (SSSR count). The second-order valence-electron chi connectivity index (χ2n) is 6.57. The van der Waals surface area contributed by atoms with Gasteiger partial charge in [-0.05, 0) is 29.7 Å². The van der Waals surface area contributed by atoms with E-state index in [2.05, 4.69) is 0 Å². The van der Waals surface area contributed by atoms with Crippen molar-refractivity contribution in [3.63, 3.8) is 0 Å². The molecule has 0 unspecified atom stereocenters. The molecule has 1 heterocycles. The molecule has 0 radical (unpaired) electrons. The molecule has 0 saturated carbocycles. The molecule has 1 fully saturated rings. The summed E-state index contributed by atoms with van der Waals surface area (Å²) < 4.78 is 0. The lowest BCUT2D eigenvalue weighted by molar-refractivity contribution is -0.134. The first-order chi connectivity index (χ1) is 12.0. The zero-order chi connectivity index (χ0) is 17.8.